The van der Waals surface area contributed by atoms with Crippen molar-refractivity contribution >= 4 is 12.0 Å². The van der Waals surface area contributed by atoms with E-state index < -0.39 is 17.7 Å². The van der Waals surface area contributed by atoms with E-state index in [4.69, 9.17) is 9.47 Å². The van der Waals surface area contributed by atoms with Gasteiger partial charge >= 0.3 is 6.09 Å². The zero-order chi connectivity index (χ0) is 17.6. The lowest BCUT2D eigenvalue weighted by Gasteiger charge is -2.36. The lowest BCUT2D eigenvalue weighted by molar-refractivity contribution is -0.127. The molecule has 0 aromatic heterocycles. The van der Waals surface area contributed by atoms with Crippen LogP contribution in [0.1, 0.15) is 40.0 Å². The second kappa shape index (κ2) is 8.67. The van der Waals surface area contributed by atoms with E-state index in [0.717, 1.165) is 45.7 Å². The second-order valence-corrected chi connectivity index (χ2v) is 7.43. The maximum atomic E-state index is 12.5. The van der Waals surface area contributed by atoms with E-state index in [1.807, 2.05) is 20.8 Å². The van der Waals surface area contributed by atoms with Crippen molar-refractivity contribution in [2.24, 2.45) is 0 Å². The molecule has 0 saturated carbocycles. The molecule has 7 heteroatoms. The summed E-state index contributed by atoms with van der Waals surface area (Å²) in [7, 11) is 0. The number of carbonyl (C=O) groups excluding carboxylic acids is 2. The molecule has 2 aliphatic rings. The fourth-order valence-corrected chi connectivity index (χ4v) is 3.02. The van der Waals surface area contributed by atoms with E-state index in [9.17, 15) is 9.59 Å². The molecule has 0 aromatic carbocycles. The molecule has 1 atom stereocenters. The molecule has 0 bridgehead atoms. The Kier molecular flexibility index (Phi) is 6.86. The Balaban J connectivity index is 1.82. The number of likely N-dealkylation sites (tertiary alicyclic amines) is 1. The Bertz CT molecular complexity index is 430. The quantitative estimate of drug-likeness (QED) is 0.833. The van der Waals surface area contributed by atoms with E-state index in [2.05, 4.69) is 10.2 Å². The molecular weight excluding hydrogens is 310 g/mol. The summed E-state index contributed by atoms with van der Waals surface area (Å²) < 4.78 is 10.8. The highest BCUT2D eigenvalue weighted by atomic mass is 16.6. The van der Waals surface area contributed by atoms with Gasteiger partial charge in [0, 0.05) is 32.7 Å². The summed E-state index contributed by atoms with van der Waals surface area (Å²) in [5, 5.41) is 2.98. The molecule has 2 amide bonds. The van der Waals surface area contributed by atoms with Crippen molar-refractivity contribution in [2.75, 3.05) is 45.9 Å². The SMILES string of the molecule is CC(C)(C)OC(=O)N1CCCC[C@H]1C(=O)NCCN1CCOCC1. The number of nitrogens with zero attached hydrogens (tertiary/aromatic N) is 2. The van der Waals surface area contributed by atoms with Gasteiger partial charge in [-0.25, -0.2) is 4.79 Å². The molecule has 2 rings (SSSR count). The van der Waals surface area contributed by atoms with E-state index in [0.29, 0.717) is 19.5 Å². The normalized spacial score (nSPS) is 23.0. The summed E-state index contributed by atoms with van der Waals surface area (Å²) in [5.41, 5.74) is -0.550. The molecule has 0 radical (unpaired) electrons. The first kappa shape index (κ1) is 19.0. The number of hydrogen-bond donors (Lipinski definition) is 1. The summed E-state index contributed by atoms with van der Waals surface area (Å²) in [4.78, 5) is 28.7. The van der Waals surface area contributed by atoms with Gasteiger partial charge in [-0.3, -0.25) is 14.6 Å². The first-order valence-electron chi connectivity index (χ1n) is 8.94. The fourth-order valence-electron chi connectivity index (χ4n) is 3.02. The van der Waals surface area contributed by atoms with Gasteiger partial charge in [-0.15, -0.1) is 0 Å². The smallest absolute Gasteiger partial charge is 0.410 e. The van der Waals surface area contributed by atoms with Crippen molar-refractivity contribution in [3.05, 3.63) is 0 Å². The average Bonchev–Trinajstić information content (AvgIpc) is 2.54. The third-order valence-electron chi connectivity index (χ3n) is 4.26. The molecule has 2 fully saturated rings. The van der Waals surface area contributed by atoms with Gasteiger partial charge in [0.2, 0.25) is 5.91 Å². The number of hydrogen-bond acceptors (Lipinski definition) is 5. The lowest BCUT2D eigenvalue weighted by Crippen LogP contribution is -2.54. The number of nitrogens with one attached hydrogen (secondary N) is 1. The molecule has 0 aliphatic carbocycles. The number of morpholine rings is 1. The van der Waals surface area contributed by atoms with Crippen LogP contribution in [0.2, 0.25) is 0 Å². The van der Waals surface area contributed by atoms with Crippen LogP contribution in [0.3, 0.4) is 0 Å². The van der Waals surface area contributed by atoms with Crippen LogP contribution in [0.5, 0.6) is 0 Å². The Morgan fingerprint density at radius 2 is 1.88 bits per heavy atom. The number of rotatable bonds is 4. The first-order valence-corrected chi connectivity index (χ1v) is 8.94. The molecule has 2 saturated heterocycles. The molecule has 1 N–H and O–H groups in total. The molecule has 2 aliphatic heterocycles. The van der Waals surface area contributed by atoms with Crippen molar-refractivity contribution in [1.82, 2.24) is 15.1 Å². The summed E-state index contributed by atoms with van der Waals surface area (Å²) in [6.45, 7) is 10.8. The van der Waals surface area contributed by atoms with Gasteiger partial charge in [0.1, 0.15) is 11.6 Å². The highest BCUT2D eigenvalue weighted by Crippen LogP contribution is 2.20. The van der Waals surface area contributed by atoms with E-state index >= 15 is 0 Å². The van der Waals surface area contributed by atoms with Gasteiger partial charge in [0.05, 0.1) is 13.2 Å². The van der Waals surface area contributed by atoms with Gasteiger partial charge in [0.25, 0.3) is 0 Å². The molecule has 138 valence electrons. The average molecular weight is 341 g/mol. The van der Waals surface area contributed by atoms with Crippen LogP contribution in [0.15, 0.2) is 0 Å². The monoisotopic (exact) mass is 341 g/mol. The number of carbonyl (C=O) groups is 2. The van der Waals surface area contributed by atoms with Crippen LogP contribution in [0.4, 0.5) is 4.79 Å². The third kappa shape index (κ3) is 5.94. The number of piperidine rings is 1. The summed E-state index contributed by atoms with van der Waals surface area (Å²) in [5.74, 6) is -0.0752. The first-order chi connectivity index (χ1) is 11.4. The molecule has 24 heavy (non-hydrogen) atoms. The predicted molar refractivity (Wildman–Crippen MR) is 90.8 cm³/mol. The van der Waals surface area contributed by atoms with Gasteiger partial charge in [-0.05, 0) is 40.0 Å². The van der Waals surface area contributed by atoms with Crippen LogP contribution in [-0.4, -0.2) is 79.4 Å². The fraction of sp³-hybridized carbons (Fsp3) is 0.882. The minimum atomic E-state index is -0.550. The highest BCUT2D eigenvalue weighted by Gasteiger charge is 2.34. The maximum absolute atomic E-state index is 12.5. The highest BCUT2D eigenvalue weighted by molar-refractivity contribution is 5.85. The molecule has 0 unspecified atom stereocenters. The van der Waals surface area contributed by atoms with Crippen LogP contribution in [0.25, 0.3) is 0 Å². The Morgan fingerprint density at radius 3 is 2.54 bits per heavy atom. The summed E-state index contributed by atoms with van der Waals surface area (Å²) in [6.07, 6.45) is 2.18. The van der Waals surface area contributed by atoms with E-state index in [1.165, 1.54) is 0 Å². The zero-order valence-corrected chi connectivity index (χ0v) is 15.2. The molecular formula is C17H31N3O4. The maximum Gasteiger partial charge on any atom is 0.410 e. The molecule has 0 aromatic rings. The van der Waals surface area contributed by atoms with Gasteiger partial charge in [0.15, 0.2) is 0 Å². The predicted octanol–water partition coefficient (Wildman–Crippen LogP) is 1.22. The molecule has 2 heterocycles. The van der Waals surface area contributed by atoms with E-state index in [-0.39, 0.29) is 5.91 Å². The lowest BCUT2D eigenvalue weighted by atomic mass is 10.0. The molecule has 7 nitrogen and oxygen atoms in total. The zero-order valence-electron chi connectivity index (χ0n) is 15.2. The Labute approximate surface area is 144 Å². The largest absolute Gasteiger partial charge is 0.444 e. The number of ether oxygens (including phenoxy) is 2. The van der Waals surface area contributed by atoms with Crippen molar-refractivity contribution in [3.63, 3.8) is 0 Å². The number of amides is 2. The topological polar surface area (TPSA) is 71.1 Å². The van der Waals surface area contributed by atoms with Crippen molar-refractivity contribution < 1.29 is 19.1 Å². The second-order valence-electron chi connectivity index (χ2n) is 7.43. The third-order valence-corrected chi connectivity index (χ3v) is 4.26. The van der Waals surface area contributed by atoms with Crippen LogP contribution in [0, 0.1) is 0 Å². The van der Waals surface area contributed by atoms with Gasteiger partial charge in [-0.1, -0.05) is 0 Å². The standard InChI is InChI=1S/C17H31N3O4/c1-17(2,3)24-16(22)20-8-5-4-6-14(20)15(21)18-7-9-19-10-12-23-13-11-19/h14H,4-13H2,1-3H3,(H,18,21)/t14-/m0/s1. The van der Waals surface area contributed by atoms with Crippen LogP contribution >= 0.6 is 0 Å². The Hall–Kier alpha value is -1.34. The van der Waals surface area contributed by atoms with E-state index in [1.54, 1.807) is 4.90 Å². The minimum absolute atomic E-state index is 0.0752. The summed E-state index contributed by atoms with van der Waals surface area (Å²) >= 11 is 0. The van der Waals surface area contributed by atoms with Gasteiger partial charge in [-0.2, -0.15) is 0 Å². The van der Waals surface area contributed by atoms with Crippen molar-refractivity contribution in [1.29, 1.82) is 0 Å². The van der Waals surface area contributed by atoms with Crippen LogP contribution < -0.4 is 5.32 Å². The van der Waals surface area contributed by atoms with Crippen LogP contribution in [-0.2, 0) is 14.3 Å². The van der Waals surface area contributed by atoms with Crippen molar-refractivity contribution in [2.45, 2.75) is 51.7 Å². The van der Waals surface area contributed by atoms with Crippen molar-refractivity contribution in [3.8, 4) is 0 Å². The van der Waals surface area contributed by atoms with Gasteiger partial charge < -0.3 is 14.8 Å². The molecule has 0 spiro atoms. The minimum Gasteiger partial charge on any atom is -0.444 e. The summed E-state index contributed by atoms with van der Waals surface area (Å²) in [6, 6.07) is -0.418. The Morgan fingerprint density at radius 1 is 1.17 bits per heavy atom.